The van der Waals surface area contributed by atoms with Crippen LogP contribution in [-0.2, 0) is 23.8 Å². The molecule has 1 N–H and O–H groups in total. The molecule has 2 unspecified atom stereocenters. The molecule has 0 aliphatic carbocycles. The molecule has 112 valence electrons. The molecular formula is C11H14ClNO5S2. The fraction of sp³-hybridized carbons (Fsp3) is 0.455. The molecule has 1 heterocycles. The van der Waals surface area contributed by atoms with E-state index in [1.54, 1.807) is 6.92 Å². The summed E-state index contributed by atoms with van der Waals surface area (Å²) in [7, 11) is -2.39. The molecule has 1 aromatic carbocycles. The highest BCUT2D eigenvalue weighted by Gasteiger charge is 2.29. The lowest BCUT2D eigenvalue weighted by molar-refractivity contribution is 0.117. The highest BCUT2D eigenvalue weighted by atomic mass is 35.7. The molecule has 1 aromatic rings. The quantitative estimate of drug-likeness (QED) is 0.829. The molecule has 9 heteroatoms. The van der Waals surface area contributed by atoms with Gasteiger partial charge in [0, 0.05) is 17.3 Å². The van der Waals surface area contributed by atoms with Crippen LogP contribution in [0.4, 0.5) is 0 Å². The Morgan fingerprint density at radius 2 is 1.70 bits per heavy atom. The predicted molar refractivity (Wildman–Crippen MR) is 73.6 cm³/mol. The third-order valence-electron chi connectivity index (χ3n) is 3.10. The van der Waals surface area contributed by atoms with Gasteiger partial charge >= 0.3 is 0 Å². The number of nitrogens with one attached hydrogen (secondary N) is 1. The van der Waals surface area contributed by atoms with Crippen molar-refractivity contribution in [2.75, 3.05) is 6.61 Å². The van der Waals surface area contributed by atoms with Crippen molar-refractivity contribution < 1.29 is 21.6 Å². The average molecular weight is 340 g/mol. The lowest BCUT2D eigenvalue weighted by Gasteiger charge is -2.16. The van der Waals surface area contributed by atoms with E-state index in [0.717, 1.165) is 12.1 Å². The summed E-state index contributed by atoms with van der Waals surface area (Å²) in [6, 6.07) is 4.45. The summed E-state index contributed by atoms with van der Waals surface area (Å²) in [6.45, 7) is 2.31. The van der Waals surface area contributed by atoms with Crippen LogP contribution in [0.3, 0.4) is 0 Å². The van der Waals surface area contributed by atoms with Crippen molar-refractivity contribution in [2.45, 2.75) is 35.3 Å². The van der Waals surface area contributed by atoms with Gasteiger partial charge in [0.15, 0.2) is 0 Å². The monoisotopic (exact) mass is 339 g/mol. The van der Waals surface area contributed by atoms with Crippen LogP contribution in [0.1, 0.15) is 13.3 Å². The van der Waals surface area contributed by atoms with Crippen molar-refractivity contribution in [2.24, 2.45) is 0 Å². The Balaban J connectivity index is 2.22. The van der Waals surface area contributed by atoms with E-state index in [0.29, 0.717) is 13.0 Å². The topological polar surface area (TPSA) is 89.5 Å². The van der Waals surface area contributed by atoms with Gasteiger partial charge in [-0.05, 0) is 37.6 Å². The molecule has 1 fully saturated rings. The third-order valence-corrected chi connectivity index (χ3v) is 5.97. The van der Waals surface area contributed by atoms with Crippen LogP contribution < -0.4 is 4.72 Å². The van der Waals surface area contributed by atoms with Crippen LogP contribution in [0.25, 0.3) is 0 Å². The van der Waals surface area contributed by atoms with E-state index in [4.69, 9.17) is 15.4 Å². The number of rotatable bonds is 4. The van der Waals surface area contributed by atoms with E-state index in [1.807, 2.05) is 0 Å². The molecule has 0 amide bonds. The van der Waals surface area contributed by atoms with Gasteiger partial charge in [-0.1, -0.05) is 0 Å². The summed E-state index contributed by atoms with van der Waals surface area (Å²) >= 11 is 0. The van der Waals surface area contributed by atoms with Crippen LogP contribution in [0.2, 0.25) is 0 Å². The van der Waals surface area contributed by atoms with Gasteiger partial charge in [0.1, 0.15) is 0 Å². The van der Waals surface area contributed by atoms with E-state index >= 15 is 0 Å². The Kier molecular flexibility index (Phi) is 4.41. The molecule has 6 nitrogen and oxygen atoms in total. The zero-order valence-electron chi connectivity index (χ0n) is 10.6. The second kappa shape index (κ2) is 5.61. The van der Waals surface area contributed by atoms with E-state index in [1.165, 1.54) is 12.1 Å². The highest BCUT2D eigenvalue weighted by Crippen LogP contribution is 2.20. The van der Waals surface area contributed by atoms with Crippen LogP contribution in [0, 0.1) is 0 Å². The third kappa shape index (κ3) is 3.50. The number of ether oxygens (including phenoxy) is 1. The summed E-state index contributed by atoms with van der Waals surface area (Å²) in [4.78, 5) is -0.156. The van der Waals surface area contributed by atoms with Gasteiger partial charge in [-0.25, -0.2) is 21.6 Å². The molecule has 0 bridgehead atoms. The van der Waals surface area contributed by atoms with E-state index in [-0.39, 0.29) is 21.9 Å². The molecule has 0 spiro atoms. The number of benzene rings is 1. The Labute approximate surface area is 122 Å². The maximum Gasteiger partial charge on any atom is 0.261 e. The smallest absolute Gasteiger partial charge is 0.261 e. The van der Waals surface area contributed by atoms with Gasteiger partial charge in [-0.2, -0.15) is 0 Å². The molecule has 1 aliphatic heterocycles. The molecule has 2 atom stereocenters. The first-order valence-electron chi connectivity index (χ1n) is 5.89. The van der Waals surface area contributed by atoms with Crippen LogP contribution in [0.15, 0.2) is 34.1 Å². The summed E-state index contributed by atoms with van der Waals surface area (Å²) in [5, 5.41) is 0. The number of hydrogen-bond acceptors (Lipinski definition) is 5. The fourth-order valence-electron chi connectivity index (χ4n) is 1.94. The first-order valence-corrected chi connectivity index (χ1v) is 9.68. The van der Waals surface area contributed by atoms with Crippen molar-refractivity contribution >= 4 is 29.8 Å². The SMILES string of the molecule is CC1OCCC1NS(=O)(=O)c1ccc(S(=O)(=O)Cl)cc1. The maximum atomic E-state index is 12.1. The number of halogens is 1. The van der Waals surface area contributed by atoms with Gasteiger partial charge in [0.2, 0.25) is 10.0 Å². The van der Waals surface area contributed by atoms with E-state index in [9.17, 15) is 16.8 Å². The summed E-state index contributed by atoms with van der Waals surface area (Å²) < 4.78 is 54.3. The highest BCUT2D eigenvalue weighted by molar-refractivity contribution is 8.13. The second-order valence-corrected chi connectivity index (χ2v) is 8.78. The van der Waals surface area contributed by atoms with Gasteiger partial charge in [-0.3, -0.25) is 0 Å². The van der Waals surface area contributed by atoms with Crippen LogP contribution >= 0.6 is 10.7 Å². The van der Waals surface area contributed by atoms with Crippen LogP contribution in [-0.4, -0.2) is 35.6 Å². The zero-order chi connectivity index (χ0) is 15.0. The summed E-state index contributed by atoms with van der Waals surface area (Å²) in [6.07, 6.45) is 0.418. The molecule has 20 heavy (non-hydrogen) atoms. The van der Waals surface area contributed by atoms with Gasteiger partial charge in [0.25, 0.3) is 9.05 Å². The van der Waals surface area contributed by atoms with Crippen molar-refractivity contribution in [3.05, 3.63) is 24.3 Å². The molecule has 1 saturated heterocycles. The molecular weight excluding hydrogens is 326 g/mol. The first kappa shape index (κ1) is 15.7. The minimum atomic E-state index is -3.86. The van der Waals surface area contributed by atoms with E-state index in [2.05, 4.69) is 4.72 Å². The lowest BCUT2D eigenvalue weighted by atomic mass is 10.2. The molecule has 1 aliphatic rings. The normalized spacial score (nSPS) is 23.9. The first-order chi connectivity index (χ1) is 9.20. The Hall–Kier alpha value is -0.670. The zero-order valence-corrected chi connectivity index (χ0v) is 13.0. The Morgan fingerprint density at radius 1 is 1.15 bits per heavy atom. The largest absolute Gasteiger partial charge is 0.377 e. The Morgan fingerprint density at radius 3 is 2.15 bits per heavy atom. The lowest BCUT2D eigenvalue weighted by Crippen LogP contribution is -2.39. The fourth-order valence-corrected chi connectivity index (χ4v) is 4.04. The maximum absolute atomic E-state index is 12.1. The number of sulfonamides is 1. The minimum absolute atomic E-state index is 0.0133. The van der Waals surface area contributed by atoms with Crippen molar-refractivity contribution in [1.29, 1.82) is 0 Å². The van der Waals surface area contributed by atoms with E-state index < -0.39 is 19.1 Å². The van der Waals surface area contributed by atoms with Gasteiger partial charge < -0.3 is 4.74 Å². The minimum Gasteiger partial charge on any atom is -0.377 e. The van der Waals surface area contributed by atoms with Crippen molar-refractivity contribution in [3.8, 4) is 0 Å². The molecule has 0 radical (unpaired) electrons. The van der Waals surface area contributed by atoms with Crippen LogP contribution in [0.5, 0.6) is 0 Å². The van der Waals surface area contributed by atoms with Gasteiger partial charge in [-0.15, -0.1) is 0 Å². The predicted octanol–water partition coefficient (Wildman–Crippen LogP) is 1.07. The average Bonchev–Trinajstić information content (AvgIpc) is 2.73. The molecule has 2 rings (SSSR count). The molecule has 0 aromatic heterocycles. The summed E-state index contributed by atoms with van der Waals surface area (Å²) in [5.41, 5.74) is 0. The summed E-state index contributed by atoms with van der Waals surface area (Å²) in [5.74, 6) is 0. The van der Waals surface area contributed by atoms with Crippen molar-refractivity contribution in [1.82, 2.24) is 4.72 Å². The Bertz CT molecular complexity index is 684. The second-order valence-electron chi connectivity index (χ2n) is 4.50. The number of hydrogen-bond donors (Lipinski definition) is 1. The standard InChI is InChI=1S/C11H14ClNO5S2/c1-8-11(6-7-18-8)13-20(16,17)10-4-2-9(3-5-10)19(12,14)15/h2-5,8,11,13H,6-7H2,1H3. The van der Waals surface area contributed by atoms with Crippen molar-refractivity contribution in [3.63, 3.8) is 0 Å². The van der Waals surface area contributed by atoms with Gasteiger partial charge in [0.05, 0.1) is 21.9 Å². The molecule has 0 saturated carbocycles.